The first-order chi connectivity index (χ1) is 14.8. The van der Waals surface area contributed by atoms with Crippen molar-refractivity contribution in [2.45, 2.75) is 30.2 Å². The van der Waals surface area contributed by atoms with E-state index in [2.05, 4.69) is 4.72 Å². The minimum absolute atomic E-state index is 0.0810. The van der Waals surface area contributed by atoms with E-state index in [4.69, 9.17) is 9.47 Å². The summed E-state index contributed by atoms with van der Waals surface area (Å²) < 4.78 is 39.3. The predicted molar refractivity (Wildman–Crippen MR) is 117 cm³/mol. The molecule has 2 aliphatic rings. The molecule has 1 fully saturated rings. The van der Waals surface area contributed by atoms with Gasteiger partial charge in [-0.1, -0.05) is 6.07 Å². The zero-order valence-corrected chi connectivity index (χ0v) is 18.5. The third kappa shape index (κ3) is 4.68. The summed E-state index contributed by atoms with van der Waals surface area (Å²) in [6.07, 6.45) is 2.40. The Morgan fingerprint density at radius 1 is 1.06 bits per heavy atom. The highest BCUT2D eigenvalue weighted by molar-refractivity contribution is 7.89. The van der Waals surface area contributed by atoms with Gasteiger partial charge in [0.15, 0.2) is 11.5 Å². The van der Waals surface area contributed by atoms with Gasteiger partial charge in [-0.25, -0.2) is 13.1 Å². The molecule has 2 heterocycles. The van der Waals surface area contributed by atoms with Crippen LogP contribution >= 0.6 is 0 Å². The minimum Gasteiger partial charge on any atom is -0.454 e. The number of sulfonamides is 1. The highest BCUT2D eigenvalue weighted by Gasteiger charge is 2.24. The van der Waals surface area contributed by atoms with E-state index in [9.17, 15) is 13.2 Å². The summed E-state index contributed by atoms with van der Waals surface area (Å²) in [5, 5.41) is 0. The molecule has 4 rings (SSSR count). The number of rotatable bonds is 7. The largest absolute Gasteiger partial charge is 0.454 e. The Kier molecular flexibility index (Phi) is 6.17. The first kappa shape index (κ1) is 21.6. The highest BCUT2D eigenvalue weighted by atomic mass is 32.2. The minimum atomic E-state index is -3.71. The molecule has 0 spiro atoms. The first-order valence-electron chi connectivity index (χ1n) is 10.3. The number of anilines is 1. The standard InChI is InChI=1S/C22H27N3O5S/c1-24(2)19(16-6-11-20-21(13-16)30-15-29-20)14-23-31(27,28)18-9-7-17(8-10-18)25-12-4-3-5-22(25)26/h6-11,13,19,23H,3-5,12,14-15H2,1-2H3/t19-/m1/s1. The molecule has 0 aliphatic carbocycles. The Balaban J connectivity index is 1.46. The van der Waals surface area contributed by atoms with Crippen LogP contribution in [0.25, 0.3) is 0 Å². The fraction of sp³-hybridized carbons (Fsp3) is 0.409. The van der Waals surface area contributed by atoms with Crippen LogP contribution in [0.3, 0.4) is 0 Å². The summed E-state index contributed by atoms with van der Waals surface area (Å²) >= 11 is 0. The van der Waals surface area contributed by atoms with Gasteiger partial charge in [0.1, 0.15) is 0 Å². The van der Waals surface area contributed by atoms with Crippen LogP contribution in [0.15, 0.2) is 47.4 Å². The average molecular weight is 446 g/mol. The molecule has 2 aliphatic heterocycles. The number of piperidine rings is 1. The maximum absolute atomic E-state index is 12.9. The fourth-order valence-electron chi connectivity index (χ4n) is 3.88. The summed E-state index contributed by atoms with van der Waals surface area (Å²) in [6.45, 7) is 1.06. The number of benzene rings is 2. The third-order valence-electron chi connectivity index (χ3n) is 5.65. The first-order valence-corrected chi connectivity index (χ1v) is 11.8. The number of fused-ring (bicyclic) bond motifs is 1. The van der Waals surface area contributed by atoms with E-state index in [0.29, 0.717) is 24.5 Å². The molecule has 0 saturated carbocycles. The van der Waals surface area contributed by atoms with E-state index in [-0.39, 0.29) is 30.2 Å². The lowest BCUT2D eigenvalue weighted by Gasteiger charge is -2.27. The SMILES string of the molecule is CN(C)[C@H](CNS(=O)(=O)c1ccc(N2CCCCC2=O)cc1)c1ccc2c(c1)OCO2. The average Bonchev–Trinajstić information content (AvgIpc) is 3.22. The fourth-order valence-corrected chi connectivity index (χ4v) is 4.91. The lowest BCUT2D eigenvalue weighted by Crippen LogP contribution is -2.35. The number of carbonyl (C=O) groups is 1. The number of hydrogen-bond donors (Lipinski definition) is 1. The molecule has 1 saturated heterocycles. The lowest BCUT2D eigenvalue weighted by atomic mass is 10.1. The van der Waals surface area contributed by atoms with E-state index in [1.807, 2.05) is 37.2 Å². The molecule has 1 N–H and O–H groups in total. The number of nitrogens with one attached hydrogen (secondary N) is 1. The number of hydrogen-bond acceptors (Lipinski definition) is 6. The van der Waals surface area contributed by atoms with Crippen LogP contribution in [0, 0.1) is 0 Å². The van der Waals surface area contributed by atoms with Crippen molar-refractivity contribution in [3.63, 3.8) is 0 Å². The number of ether oxygens (including phenoxy) is 2. The van der Waals surface area contributed by atoms with Gasteiger partial charge in [0.05, 0.1) is 4.90 Å². The van der Waals surface area contributed by atoms with Crippen LogP contribution in [0.4, 0.5) is 5.69 Å². The summed E-state index contributed by atoms with van der Waals surface area (Å²) in [7, 11) is 0.0882. The van der Waals surface area contributed by atoms with Crippen molar-refractivity contribution in [3.05, 3.63) is 48.0 Å². The monoisotopic (exact) mass is 445 g/mol. The zero-order valence-electron chi connectivity index (χ0n) is 17.7. The van der Waals surface area contributed by atoms with Crippen LogP contribution < -0.4 is 19.1 Å². The summed E-state index contributed by atoms with van der Waals surface area (Å²) in [5.74, 6) is 1.43. The van der Waals surface area contributed by atoms with Gasteiger partial charge in [-0.3, -0.25) is 4.79 Å². The van der Waals surface area contributed by atoms with Crippen LogP contribution in [0.5, 0.6) is 11.5 Å². The van der Waals surface area contributed by atoms with Crippen molar-refractivity contribution >= 4 is 21.6 Å². The molecule has 31 heavy (non-hydrogen) atoms. The molecule has 0 aromatic heterocycles. The van der Waals surface area contributed by atoms with E-state index in [1.54, 1.807) is 29.2 Å². The van der Waals surface area contributed by atoms with Crippen molar-refractivity contribution in [2.75, 3.05) is 38.9 Å². The molecule has 1 amide bonds. The number of nitrogens with zero attached hydrogens (tertiary/aromatic N) is 2. The molecule has 2 aromatic rings. The van der Waals surface area contributed by atoms with Gasteiger partial charge in [0.2, 0.25) is 22.7 Å². The molecular formula is C22H27N3O5S. The predicted octanol–water partition coefficient (Wildman–Crippen LogP) is 2.51. The van der Waals surface area contributed by atoms with Crippen molar-refractivity contribution in [3.8, 4) is 11.5 Å². The maximum atomic E-state index is 12.9. The van der Waals surface area contributed by atoms with Crippen molar-refractivity contribution < 1.29 is 22.7 Å². The normalized spacial score (nSPS) is 17.3. The number of amides is 1. The third-order valence-corrected chi connectivity index (χ3v) is 7.09. The molecule has 1 atom stereocenters. The Hall–Kier alpha value is -2.62. The number of carbonyl (C=O) groups excluding carboxylic acids is 1. The van der Waals surface area contributed by atoms with E-state index in [0.717, 1.165) is 24.1 Å². The van der Waals surface area contributed by atoms with E-state index in [1.165, 1.54) is 0 Å². The smallest absolute Gasteiger partial charge is 0.240 e. The highest BCUT2D eigenvalue weighted by Crippen LogP contribution is 2.35. The molecular weight excluding hydrogens is 418 g/mol. The van der Waals surface area contributed by atoms with E-state index < -0.39 is 10.0 Å². The van der Waals surface area contributed by atoms with Gasteiger partial charge in [-0.15, -0.1) is 0 Å². The van der Waals surface area contributed by atoms with Crippen LogP contribution in [0.1, 0.15) is 30.9 Å². The van der Waals surface area contributed by atoms with Gasteiger partial charge >= 0.3 is 0 Å². The van der Waals surface area contributed by atoms with Gasteiger partial charge in [0.25, 0.3) is 0 Å². The lowest BCUT2D eigenvalue weighted by molar-refractivity contribution is -0.119. The Bertz CT molecular complexity index is 1050. The molecule has 0 bridgehead atoms. The Labute approximate surface area is 182 Å². The second kappa shape index (κ2) is 8.86. The Morgan fingerprint density at radius 3 is 2.52 bits per heavy atom. The van der Waals surface area contributed by atoms with Crippen LogP contribution in [-0.4, -0.2) is 53.2 Å². The summed E-state index contributed by atoms with van der Waals surface area (Å²) in [6, 6.07) is 11.9. The van der Waals surface area contributed by atoms with Crippen molar-refractivity contribution in [2.24, 2.45) is 0 Å². The van der Waals surface area contributed by atoms with Crippen molar-refractivity contribution in [1.29, 1.82) is 0 Å². The molecule has 9 heteroatoms. The Morgan fingerprint density at radius 2 is 1.81 bits per heavy atom. The van der Waals surface area contributed by atoms with Gasteiger partial charge < -0.3 is 19.3 Å². The zero-order chi connectivity index (χ0) is 22.0. The van der Waals surface area contributed by atoms with Crippen molar-refractivity contribution in [1.82, 2.24) is 9.62 Å². The quantitative estimate of drug-likeness (QED) is 0.705. The molecule has 8 nitrogen and oxygen atoms in total. The van der Waals surface area contributed by atoms with Crippen LogP contribution in [-0.2, 0) is 14.8 Å². The second-order valence-corrected chi connectivity index (χ2v) is 9.71. The maximum Gasteiger partial charge on any atom is 0.240 e. The molecule has 0 radical (unpaired) electrons. The summed E-state index contributed by atoms with van der Waals surface area (Å²) in [5.41, 5.74) is 1.66. The van der Waals surface area contributed by atoms with Gasteiger partial charge in [-0.2, -0.15) is 0 Å². The van der Waals surface area contributed by atoms with Gasteiger partial charge in [0, 0.05) is 31.2 Å². The molecule has 166 valence electrons. The number of likely N-dealkylation sites (N-methyl/N-ethyl adjacent to an activating group) is 1. The molecule has 2 aromatic carbocycles. The summed E-state index contributed by atoms with van der Waals surface area (Å²) in [4.78, 5) is 15.9. The van der Waals surface area contributed by atoms with Crippen LogP contribution in [0.2, 0.25) is 0 Å². The van der Waals surface area contributed by atoms with Gasteiger partial charge in [-0.05, 0) is 68.9 Å². The molecule has 0 unspecified atom stereocenters. The second-order valence-electron chi connectivity index (χ2n) is 7.94. The topological polar surface area (TPSA) is 88.2 Å². The van der Waals surface area contributed by atoms with E-state index >= 15 is 0 Å².